The van der Waals surface area contributed by atoms with Crippen molar-refractivity contribution in [3.8, 4) is 0 Å². The highest BCUT2D eigenvalue weighted by atomic mass is 32.2. The molecule has 0 radical (unpaired) electrons. The molecule has 2 aromatic carbocycles. The Morgan fingerprint density at radius 2 is 1.75 bits per heavy atom. The lowest BCUT2D eigenvalue weighted by Crippen LogP contribution is -2.50. The van der Waals surface area contributed by atoms with Crippen molar-refractivity contribution in [1.82, 2.24) is 4.90 Å². The number of hydrogen-bond donors (Lipinski definition) is 0. The van der Waals surface area contributed by atoms with E-state index >= 15 is 0 Å². The van der Waals surface area contributed by atoms with Crippen LogP contribution in [0.3, 0.4) is 0 Å². The molecule has 1 saturated carbocycles. The van der Waals surface area contributed by atoms with Crippen LogP contribution in [0.25, 0.3) is 0 Å². The molecule has 2 aliphatic heterocycles. The quantitative estimate of drug-likeness (QED) is 0.742. The highest BCUT2D eigenvalue weighted by molar-refractivity contribution is 7.92. The SMILES string of the molecule is C=C1CN(C2CC2)CC2(C1)CN(S(=O)(=O)c1ccc(C)cc1)c1ccccc12. The van der Waals surface area contributed by atoms with Gasteiger partial charge in [-0.1, -0.05) is 48.0 Å². The van der Waals surface area contributed by atoms with Gasteiger partial charge in [-0.25, -0.2) is 8.42 Å². The van der Waals surface area contributed by atoms with Crippen LogP contribution in [-0.4, -0.2) is 39.0 Å². The number of likely N-dealkylation sites (tertiary alicyclic amines) is 1. The molecule has 2 heterocycles. The number of sulfonamides is 1. The van der Waals surface area contributed by atoms with Gasteiger partial charge in [-0.15, -0.1) is 0 Å². The smallest absolute Gasteiger partial charge is 0.264 e. The Morgan fingerprint density at radius 3 is 2.46 bits per heavy atom. The van der Waals surface area contributed by atoms with Crippen LogP contribution in [0.5, 0.6) is 0 Å². The molecule has 0 aromatic heterocycles. The molecule has 2 aromatic rings. The first-order valence-corrected chi connectivity index (χ1v) is 11.4. The molecule has 0 amide bonds. The minimum Gasteiger partial charge on any atom is -0.296 e. The van der Waals surface area contributed by atoms with E-state index in [1.165, 1.54) is 18.4 Å². The van der Waals surface area contributed by atoms with Crippen molar-refractivity contribution in [2.75, 3.05) is 23.9 Å². The molecule has 146 valence electrons. The average Bonchev–Trinajstić information content (AvgIpc) is 3.47. The van der Waals surface area contributed by atoms with E-state index in [9.17, 15) is 8.42 Å². The lowest BCUT2D eigenvalue weighted by Gasteiger charge is -2.42. The molecule has 1 spiro atoms. The van der Waals surface area contributed by atoms with Crippen LogP contribution in [0.2, 0.25) is 0 Å². The van der Waals surface area contributed by atoms with E-state index in [0.717, 1.165) is 36.3 Å². The Balaban J connectivity index is 1.58. The van der Waals surface area contributed by atoms with Gasteiger partial charge in [-0.3, -0.25) is 9.21 Å². The van der Waals surface area contributed by atoms with E-state index in [4.69, 9.17) is 0 Å². The summed E-state index contributed by atoms with van der Waals surface area (Å²) in [7, 11) is -3.60. The monoisotopic (exact) mass is 394 g/mol. The highest BCUT2D eigenvalue weighted by Gasteiger charge is 2.51. The summed E-state index contributed by atoms with van der Waals surface area (Å²) in [4.78, 5) is 2.88. The zero-order valence-electron chi connectivity index (χ0n) is 16.3. The van der Waals surface area contributed by atoms with Gasteiger partial charge in [0.1, 0.15) is 0 Å². The predicted octanol–water partition coefficient (Wildman–Crippen LogP) is 3.87. The summed E-state index contributed by atoms with van der Waals surface area (Å²) < 4.78 is 28.7. The topological polar surface area (TPSA) is 40.6 Å². The van der Waals surface area contributed by atoms with E-state index < -0.39 is 10.0 Å². The molecular formula is C23H26N2O2S. The first-order valence-electron chi connectivity index (χ1n) is 9.99. The van der Waals surface area contributed by atoms with Crippen LogP contribution in [0.15, 0.2) is 65.6 Å². The largest absolute Gasteiger partial charge is 0.296 e. The summed E-state index contributed by atoms with van der Waals surface area (Å²) in [5.74, 6) is 0. The first-order chi connectivity index (χ1) is 13.4. The normalized spacial score (nSPS) is 25.3. The Kier molecular flexibility index (Phi) is 3.97. The van der Waals surface area contributed by atoms with Crippen LogP contribution in [0.4, 0.5) is 5.69 Å². The standard InChI is InChI=1S/C23H26N2O2S/c1-17-7-11-20(12-8-17)28(26,27)25-16-23(21-5-3-4-6-22(21)25)13-18(2)14-24(15-23)19-9-10-19/h3-8,11-12,19H,2,9-10,13-16H2,1H3. The molecule has 1 unspecified atom stereocenters. The molecule has 0 N–H and O–H groups in total. The molecule has 4 nitrogen and oxygen atoms in total. The Morgan fingerprint density at radius 1 is 1.04 bits per heavy atom. The summed E-state index contributed by atoms with van der Waals surface area (Å²) in [6, 6.07) is 15.8. The number of hydrogen-bond acceptors (Lipinski definition) is 3. The number of aryl methyl sites for hydroxylation is 1. The van der Waals surface area contributed by atoms with Crippen molar-refractivity contribution in [2.45, 2.75) is 42.5 Å². The summed E-state index contributed by atoms with van der Waals surface area (Å²) in [6.45, 7) is 8.63. The first kappa shape index (κ1) is 18.0. The third-order valence-corrected chi connectivity index (χ3v) is 8.16. The molecule has 1 saturated heterocycles. The minimum atomic E-state index is -3.60. The van der Waals surface area contributed by atoms with Gasteiger partial charge in [-0.05, 0) is 49.9 Å². The van der Waals surface area contributed by atoms with Crippen molar-refractivity contribution in [2.24, 2.45) is 0 Å². The van der Waals surface area contributed by atoms with Crippen LogP contribution < -0.4 is 4.31 Å². The second kappa shape index (κ2) is 6.19. The van der Waals surface area contributed by atoms with Gasteiger partial charge in [0, 0.05) is 31.1 Å². The molecule has 2 fully saturated rings. The van der Waals surface area contributed by atoms with E-state index in [-0.39, 0.29) is 5.41 Å². The van der Waals surface area contributed by atoms with Crippen LogP contribution in [0, 0.1) is 6.92 Å². The minimum absolute atomic E-state index is 0.202. The van der Waals surface area contributed by atoms with Gasteiger partial charge in [0.15, 0.2) is 0 Å². The molecule has 28 heavy (non-hydrogen) atoms. The van der Waals surface area contributed by atoms with Crippen molar-refractivity contribution >= 4 is 15.7 Å². The number of anilines is 1. The predicted molar refractivity (Wildman–Crippen MR) is 112 cm³/mol. The second-order valence-electron chi connectivity index (χ2n) is 8.69. The zero-order valence-corrected chi connectivity index (χ0v) is 17.1. The summed E-state index contributed by atoms with van der Waals surface area (Å²) in [5, 5.41) is 0. The third kappa shape index (κ3) is 2.80. The van der Waals surface area contributed by atoms with Crippen LogP contribution >= 0.6 is 0 Å². The van der Waals surface area contributed by atoms with Crippen LogP contribution in [-0.2, 0) is 15.4 Å². The van der Waals surface area contributed by atoms with Gasteiger partial charge >= 0.3 is 0 Å². The van der Waals surface area contributed by atoms with Gasteiger partial charge < -0.3 is 0 Å². The van der Waals surface area contributed by atoms with Crippen molar-refractivity contribution in [3.63, 3.8) is 0 Å². The van der Waals surface area contributed by atoms with E-state index in [1.807, 2.05) is 37.3 Å². The molecular weight excluding hydrogens is 368 g/mol. The number of para-hydroxylation sites is 1. The molecule has 5 heteroatoms. The Bertz CT molecular complexity index is 1040. The number of rotatable bonds is 3. The fourth-order valence-corrected chi connectivity index (χ4v) is 6.51. The summed E-state index contributed by atoms with van der Waals surface area (Å²) >= 11 is 0. The second-order valence-corrected chi connectivity index (χ2v) is 10.5. The fourth-order valence-electron chi connectivity index (χ4n) is 4.94. The highest BCUT2D eigenvalue weighted by Crippen LogP contribution is 2.49. The zero-order chi connectivity index (χ0) is 19.5. The molecule has 3 aliphatic rings. The van der Waals surface area contributed by atoms with E-state index in [2.05, 4.69) is 17.5 Å². The van der Waals surface area contributed by atoms with Gasteiger partial charge in [0.05, 0.1) is 10.6 Å². The van der Waals surface area contributed by atoms with Crippen molar-refractivity contribution < 1.29 is 8.42 Å². The molecule has 1 atom stereocenters. The maximum absolute atomic E-state index is 13.5. The fraction of sp³-hybridized carbons (Fsp3) is 0.391. The van der Waals surface area contributed by atoms with Crippen molar-refractivity contribution in [3.05, 3.63) is 71.8 Å². The summed E-state index contributed by atoms with van der Waals surface area (Å²) in [6.07, 6.45) is 3.35. The maximum Gasteiger partial charge on any atom is 0.264 e. The molecule has 5 rings (SSSR count). The average molecular weight is 395 g/mol. The number of nitrogens with zero attached hydrogens (tertiary/aromatic N) is 2. The van der Waals surface area contributed by atoms with Gasteiger partial charge in [-0.2, -0.15) is 0 Å². The molecule has 0 bridgehead atoms. The van der Waals surface area contributed by atoms with Crippen LogP contribution in [0.1, 0.15) is 30.4 Å². The number of benzene rings is 2. The Labute approximate surface area is 167 Å². The van der Waals surface area contributed by atoms with E-state index in [0.29, 0.717) is 17.5 Å². The number of piperidine rings is 1. The lowest BCUT2D eigenvalue weighted by molar-refractivity contribution is 0.184. The Hall–Kier alpha value is -2.11. The van der Waals surface area contributed by atoms with Gasteiger partial charge in [0.2, 0.25) is 0 Å². The van der Waals surface area contributed by atoms with E-state index in [1.54, 1.807) is 16.4 Å². The van der Waals surface area contributed by atoms with Gasteiger partial charge in [0.25, 0.3) is 10.0 Å². The third-order valence-electron chi connectivity index (χ3n) is 6.38. The summed E-state index contributed by atoms with van der Waals surface area (Å²) in [5.41, 5.74) is 4.04. The number of fused-ring (bicyclic) bond motifs is 2. The van der Waals surface area contributed by atoms with Crippen molar-refractivity contribution in [1.29, 1.82) is 0 Å². The maximum atomic E-state index is 13.5. The lowest BCUT2D eigenvalue weighted by atomic mass is 9.74. The molecule has 1 aliphatic carbocycles.